The molecule has 4 nitrogen and oxygen atoms in total. The van der Waals surface area contributed by atoms with Crippen molar-refractivity contribution in [3.8, 4) is 17.2 Å². The average Bonchev–Trinajstić information content (AvgIpc) is 2.86. The van der Waals surface area contributed by atoms with Gasteiger partial charge in [-0.05, 0) is 65.2 Å². The van der Waals surface area contributed by atoms with Crippen LogP contribution >= 0.6 is 0 Å². The van der Waals surface area contributed by atoms with Gasteiger partial charge in [-0.25, -0.2) is 4.39 Å². The van der Waals surface area contributed by atoms with Gasteiger partial charge < -0.3 is 19.5 Å². The number of ether oxygens (including phenoxy) is 3. The second-order valence-electron chi connectivity index (χ2n) is 7.79. The van der Waals surface area contributed by atoms with Gasteiger partial charge in [0.2, 0.25) is 0 Å². The van der Waals surface area contributed by atoms with Crippen LogP contribution in [0.4, 0.5) is 4.39 Å². The van der Waals surface area contributed by atoms with E-state index in [4.69, 9.17) is 14.2 Å². The number of fused-ring (bicyclic) bond motifs is 1. The van der Waals surface area contributed by atoms with E-state index in [0.29, 0.717) is 13.2 Å². The van der Waals surface area contributed by atoms with Gasteiger partial charge in [0, 0.05) is 12.1 Å². The molecule has 33 heavy (non-hydrogen) atoms. The van der Waals surface area contributed by atoms with E-state index in [-0.39, 0.29) is 5.82 Å². The quantitative estimate of drug-likeness (QED) is 0.308. The first-order valence-electron chi connectivity index (χ1n) is 11.0. The van der Waals surface area contributed by atoms with E-state index < -0.39 is 0 Å². The zero-order chi connectivity index (χ0) is 23.0. The number of hydrogen-bond acceptors (Lipinski definition) is 4. The van der Waals surface area contributed by atoms with Gasteiger partial charge in [-0.2, -0.15) is 0 Å². The summed E-state index contributed by atoms with van der Waals surface area (Å²) >= 11 is 0. The van der Waals surface area contributed by atoms with E-state index in [1.807, 2.05) is 30.3 Å². The molecular weight excluding hydrogens is 417 g/mol. The Bertz CT molecular complexity index is 1210. The van der Waals surface area contributed by atoms with Crippen LogP contribution in [-0.4, -0.2) is 20.8 Å². The maximum Gasteiger partial charge on any atom is 0.160 e. The number of rotatable bonds is 10. The summed E-state index contributed by atoms with van der Waals surface area (Å²) in [6, 6.07) is 24.8. The van der Waals surface area contributed by atoms with Crippen molar-refractivity contribution in [3.63, 3.8) is 0 Å². The number of benzene rings is 4. The molecule has 4 aromatic rings. The lowest BCUT2D eigenvalue weighted by Crippen LogP contribution is -2.17. The maximum atomic E-state index is 13.2. The van der Waals surface area contributed by atoms with Gasteiger partial charge in [0.25, 0.3) is 0 Å². The van der Waals surface area contributed by atoms with Crippen molar-refractivity contribution in [2.75, 3.05) is 20.8 Å². The summed E-state index contributed by atoms with van der Waals surface area (Å²) in [7, 11) is 3.28. The van der Waals surface area contributed by atoms with Crippen LogP contribution in [0.2, 0.25) is 0 Å². The van der Waals surface area contributed by atoms with Gasteiger partial charge in [0.05, 0.1) is 14.2 Å². The van der Waals surface area contributed by atoms with Crippen molar-refractivity contribution in [1.82, 2.24) is 5.32 Å². The lowest BCUT2D eigenvalue weighted by molar-refractivity contribution is 0.302. The second kappa shape index (κ2) is 10.8. The molecule has 0 saturated heterocycles. The van der Waals surface area contributed by atoms with Crippen LogP contribution in [0.3, 0.4) is 0 Å². The lowest BCUT2D eigenvalue weighted by atomic mass is 10.0. The van der Waals surface area contributed by atoms with Gasteiger partial charge in [0.15, 0.2) is 11.5 Å². The molecule has 0 unspecified atom stereocenters. The predicted molar refractivity (Wildman–Crippen MR) is 130 cm³/mol. The molecule has 1 N–H and O–H groups in total. The molecule has 5 heteroatoms. The summed E-state index contributed by atoms with van der Waals surface area (Å²) in [4.78, 5) is 0. The number of hydrogen-bond donors (Lipinski definition) is 1. The fraction of sp³-hybridized carbons (Fsp3) is 0.214. The summed E-state index contributed by atoms with van der Waals surface area (Å²) in [5, 5.41) is 5.88. The highest BCUT2D eigenvalue weighted by molar-refractivity contribution is 5.87. The van der Waals surface area contributed by atoms with Crippen LogP contribution < -0.4 is 19.5 Å². The summed E-state index contributed by atoms with van der Waals surface area (Å²) in [5.41, 5.74) is 3.21. The van der Waals surface area contributed by atoms with Gasteiger partial charge in [0.1, 0.15) is 18.2 Å². The Morgan fingerprint density at radius 3 is 2.27 bits per heavy atom. The molecule has 4 rings (SSSR count). The maximum absolute atomic E-state index is 13.2. The monoisotopic (exact) mass is 445 g/mol. The highest BCUT2D eigenvalue weighted by atomic mass is 19.1. The lowest BCUT2D eigenvalue weighted by Gasteiger charge is -2.15. The van der Waals surface area contributed by atoms with E-state index in [1.54, 1.807) is 26.4 Å². The topological polar surface area (TPSA) is 39.7 Å². The Morgan fingerprint density at radius 2 is 1.48 bits per heavy atom. The van der Waals surface area contributed by atoms with Gasteiger partial charge in [-0.15, -0.1) is 0 Å². The molecule has 170 valence electrons. The van der Waals surface area contributed by atoms with Crippen molar-refractivity contribution in [2.45, 2.75) is 19.6 Å². The minimum atomic E-state index is -0.246. The van der Waals surface area contributed by atoms with Crippen molar-refractivity contribution in [1.29, 1.82) is 0 Å². The van der Waals surface area contributed by atoms with Crippen molar-refractivity contribution in [3.05, 3.63) is 101 Å². The highest BCUT2D eigenvalue weighted by Crippen LogP contribution is 2.29. The van der Waals surface area contributed by atoms with Gasteiger partial charge in [-0.1, -0.05) is 48.5 Å². The van der Waals surface area contributed by atoms with Gasteiger partial charge in [-0.3, -0.25) is 0 Å². The first-order chi connectivity index (χ1) is 16.2. The standard InChI is InChI=1S/C28H28FNO3/c1-31-27-13-9-20(17-28(27)32-2)15-16-30-18-25-24-6-4-3-5-22(24)10-14-26(25)33-19-21-7-11-23(29)12-8-21/h3-14,17,30H,15-16,18-19H2,1-2H3. The van der Waals surface area contributed by atoms with E-state index in [0.717, 1.165) is 46.7 Å². The number of halogens is 1. The Hall–Kier alpha value is -3.57. The fourth-order valence-electron chi connectivity index (χ4n) is 3.86. The van der Waals surface area contributed by atoms with Crippen LogP contribution in [0.1, 0.15) is 16.7 Å². The predicted octanol–water partition coefficient (Wildman–Crippen LogP) is 5.91. The molecule has 0 aliphatic heterocycles. The minimum absolute atomic E-state index is 0.246. The molecule has 0 spiro atoms. The summed E-state index contributed by atoms with van der Waals surface area (Å²) in [6.45, 7) is 1.86. The van der Waals surface area contributed by atoms with Gasteiger partial charge >= 0.3 is 0 Å². The van der Waals surface area contributed by atoms with Crippen LogP contribution in [0, 0.1) is 5.82 Å². The largest absolute Gasteiger partial charge is 0.493 e. The number of methoxy groups -OCH3 is 2. The third-order valence-electron chi connectivity index (χ3n) is 5.65. The molecule has 0 radical (unpaired) electrons. The van der Waals surface area contributed by atoms with E-state index in [1.165, 1.54) is 23.1 Å². The average molecular weight is 446 g/mol. The van der Waals surface area contributed by atoms with Crippen LogP contribution in [0.25, 0.3) is 10.8 Å². The first kappa shape index (κ1) is 22.6. The Kier molecular flexibility index (Phi) is 7.43. The normalized spacial score (nSPS) is 10.9. The molecule has 0 bridgehead atoms. The van der Waals surface area contributed by atoms with E-state index in [9.17, 15) is 4.39 Å². The van der Waals surface area contributed by atoms with Crippen LogP contribution in [0.5, 0.6) is 17.2 Å². The molecule has 4 aromatic carbocycles. The smallest absolute Gasteiger partial charge is 0.160 e. The van der Waals surface area contributed by atoms with Crippen molar-refractivity contribution >= 4 is 10.8 Å². The molecule has 0 aliphatic rings. The molecule has 0 amide bonds. The molecule has 0 heterocycles. The van der Waals surface area contributed by atoms with E-state index in [2.05, 4.69) is 29.6 Å². The zero-order valence-corrected chi connectivity index (χ0v) is 18.9. The third kappa shape index (κ3) is 5.62. The molecule has 0 atom stereocenters. The molecular formula is C28H28FNO3. The Labute approximate surface area is 193 Å². The Balaban J connectivity index is 1.45. The third-order valence-corrected chi connectivity index (χ3v) is 5.65. The fourth-order valence-corrected chi connectivity index (χ4v) is 3.86. The SMILES string of the molecule is COc1ccc(CCNCc2c(OCc3ccc(F)cc3)ccc3ccccc23)cc1OC. The van der Waals surface area contributed by atoms with E-state index >= 15 is 0 Å². The molecule has 0 aliphatic carbocycles. The zero-order valence-electron chi connectivity index (χ0n) is 18.9. The van der Waals surface area contributed by atoms with Crippen LogP contribution in [0.15, 0.2) is 78.9 Å². The van der Waals surface area contributed by atoms with Crippen LogP contribution in [-0.2, 0) is 19.6 Å². The molecule has 0 aromatic heterocycles. The van der Waals surface area contributed by atoms with Crippen molar-refractivity contribution in [2.24, 2.45) is 0 Å². The minimum Gasteiger partial charge on any atom is -0.493 e. The first-order valence-corrected chi connectivity index (χ1v) is 11.0. The Morgan fingerprint density at radius 1 is 0.758 bits per heavy atom. The van der Waals surface area contributed by atoms with Crippen molar-refractivity contribution < 1.29 is 18.6 Å². The summed E-state index contributed by atoms with van der Waals surface area (Å²) in [6.07, 6.45) is 0.858. The second-order valence-corrected chi connectivity index (χ2v) is 7.79. The molecule has 0 saturated carbocycles. The summed E-state index contributed by atoms with van der Waals surface area (Å²) < 4.78 is 30.1. The molecule has 0 fully saturated rings. The number of nitrogens with one attached hydrogen (secondary N) is 1. The highest BCUT2D eigenvalue weighted by Gasteiger charge is 2.10. The summed E-state index contributed by atoms with van der Waals surface area (Å²) in [5.74, 6) is 2.05.